The van der Waals surface area contributed by atoms with Crippen LogP contribution in [-0.2, 0) is 91.9 Å². The van der Waals surface area contributed by atoms with Crippen LogP contribution in [-0.4, -0.2) is 123 Å². The van der Waals surface area contributed by atoms with Gasteiger partial charge in [-0.1, -0.05) is 96.0 Å². The van der Waals surface area contributed by atoms with Crippen molar-refractivity contribution in [3.63, 3.8) is 0 Å². The molecule has 0 amide bonds. The van der Waals surface area contributed by atoms with Crippen LogP contribution in [0, 0.1) is 23.7 Å². The van der Waals surface area contributed by atoms with Gasteiger partial charge in [0, 0.05) is 85.3 Å². The second kappa shape index (κ2) is 36.5. The first kappa shape index (κ1) is 86.1. The number of aryl methyl sites for hydroxylation is 2. The Bertz CT molecular complexity index is 4670. The van der Waals surface area contributed by atoms with Gasteiger partial charge in [0.1, 0.15) is 34.5 Å². The summed E-state index contributed by atoms with van der Waals surface area (Å²) in [5.41, 5.74) is 9.20. The number of nitrogens with one attached hydrogen (secondary N) is 2. The fourth-order valence-corrected chi connectivity index (χ4v) is 22.4. The average molecular weight is 1690 g/mol. The minimum absolute atomic E-state index is 0.121. The Morgan fingerprint density at radius 2 is 0.819 bits per heavy atom. The Labute approximate surface area is 702 Å². The normalized spacial score (nSPS) is 21.5. The highest BCUT2D eigenvalue weighted by molar-refractivity contribution is 7.89. The van der Waals surface area contributed by atoms with Crippen LogP contribution in [0.25, 0.3) is 0 Å². The van der Waals surface area contributed by atoms with Crippen molar-refractivity contribution in [3.05, 3.63) is 250 Å². The van der Waals surface area contributed by atoms with E-state index in [1.807, 2.05) is 187 Å². The number of hydrogen-bond donors (Lipinski definition) is 2. The van der Waals surface area contributed by atoms with Crippen LogP contribution < -0.4 is 47.7 Å². The summed E-state index contributed by atoms with van der Waals surface area (Å²) in [6, 6.07) is 52.8. The average Bonchev–Trinajstić information content (AvgIpc) is 1.51. The summed E-state index contributed by atoms with van der Waals surface area (Å²) in [4.78, 5) is 5.15. The van der Waals surface area contributed by atoms with Gasteiger partial charge in [0.05, 0.1) is 94.3 Å². The Kier molecular flexibility index (Phi) is 27.1. The summed E-state index contributed by atoms with van der Waals surface area (Å²) in [7, 11) is -4.15. The first-order valence-corrected chi connectivity index (χ1v) is 46.1. The molecule has 116 heavy (non-hydrogen) atoms. The molecule has 8 aromatic carbocycles. The molecule has 6 aliphatic rings. The highest BCUT2D eigenvalue weighted by atomic mass is 35.5. The van der Waals surface area contributed by atoms with Crippen LogP contribution in [0.1, 0.15) is 137 Å². The molecule has 620 valence electrons. The van der Waals surface area contributed by atoms with E-state index in [4.69, 9.17) is 51.6 Å². The van der Waals surface area contributed by atoms with Crippen molar-refractivity contribution in [2.24, 2.45) is 23.7 Å². The van der Waals surface area contributed by atoms with Gasteiger partial charge < -0.3 is 38.2 Å². The zero-order chi connectivity index (χ0) is 82.5. The van der Waals surface area contributed by atoms with Crippen LogP contribution in [0.4, 0.5) is 11.4 Å². The van der Waals surface area contributed by atoms with Crippen molar-refractivity contribution in [1.29, 1.82) is 0 Å². The van der Waals surface area contributed by atoms with E-state index in [0.29, 0.717) is 73.9 Å². The van der Waals surface area contributed by atoms with Crippen molar-refractivity contribution in [1.82, 2.24) is 18.1 Å². The lowest BCUT2D eigenvalue weighted by atomic mass is 9.68. The van der Waals surface area contributed by atoms with E-state index in [0.717, 1.165) is 108 Å². The van der Waals surface area contributed by atoms with Gasteiger partial charge >= 0.3 is 0 Å². The van der Waals surface area contributed by atoms with Gasteiger partial charge in [0.15, 0.2) is 0 Å². The third-order valence-corrected chi connectivity index (χ3v) is 31.5. The zero-order valence-corrected chi connectivity index (χ0v) is 73.2. The van der Waals surface area contributed by atoms with E-state index in [2.05, 4.69) is 56.7 Å². The van der Waals surface area contributed by atoms with Crippen molar-refractivity contribution < 1.29 is 53.7 Å². The molecule has 8 aromatic rings. The van der Waals surface area contributed by atoms with E-state index in [-0.39, 0.29) is 82.6 Å². The van der Waals surface area contributed by atoms with Crippen molar-refractivity contribution in [2.45, 2.75) is 174 Å². The molecule has 2 saturated carbocycles. The number of nitrogens with zero attached hydrogens (tertiary/aromatic N) is 4. The number of halogens is 2. The van der Waals surface area contributed by atoms with Crippen molar-refractivity contribution >= 4 is 76.6 Å². The Morgan fingerprint density at radius 3 is 1.10 bits per heavy atom. The number of benzene rings is 8. The summed E-state index contributed by atoms with van der Waals surface area (Å²) in [5.74, 6) is 5.09. The van der Waals surface area contributed by atoms with Crippen LogP contribution in [0.5, 0.6) is 34.5 Å². The number of ether oxygens (including phenoxy) is 6. The van der Waals surface area contributed by atoms with E-state index in [9.17, 15) is 25.3 Å². The Hall–Kier alpha value is -7.74. The lowest BCUT2D eigenvalue weighted by Gasteiger charge is -2.46. The van der Waals surface area contributed by atoms with Crippen LogP contribution in [0.3, 0.4) is 0 Å². The van der Waals surface area contributed by atoms with E-state index >= 15 is 0 Å². The summed E-state index contributed by atoms with van der Waals surface area (Å²) in [5, 5.41) is 1.45. The van der Waals surface area contributed by atoms with Gasteiger partial charge in [-0.15, -0.1) is 13.2 Å². The summed E-state index contributed by atoms with van der Waals surface area (Å²) >= 11 is 13.0. The molecule has 2 fully saturated rings. The van der Waals surface area contributed by atoms with Gasteiger partial charge in [-0.3, -0.25) is 0 Å². The van der Waals surface area contributed by atoms with E-state index in [1.165, 1.54) is 30.9 Å². The number of sulfonamides is 2. The maximum Gasteiger partial charge on any atom is 0.243 e. The molecule has 18 nitrogen and oxygen atoms in total. The molecule has 0 unspecified atom stereocenters. The monoisotopic (exact) mass is 1690 g/mol. The number of fused-ring (bicyclic) bond motifs is 6. The lowest BCUT2D eigenvalue weighted by Crippen LogP contribution is -2.52. The molecule has 0 bridgehead atoms. The van der Waals surface area contributed by atoms with Gasteiger partial charge in [0.2, 0.25) is 20.0 Å². The largest absolute Gasteiger partial charge is 0.497 e. The first-order chi connectivity index (χ1) is 55.4. The first-order valence-electron chi connectivity index (χ1n) is 40.2. The van der Waals surface area contributed by atoms with Crippen molar-refractivity contribution in [3.8, 4) is 34.5 Å². The summed E-state index contributed by atoms with van der Waals surface area (Å²) < 4.78 is 130. The molecule has 24 heteroatoms. The molecule has 2 heterocycles. The quantitative estimate of drug-likeness (QED) is 0.0440. The highest BCUT2D eigenvalue weighted by Gasteiger charge is 2.48. The fourth-order valence-electron chi connectivity index (χ4n) is 17.4. The molecule has 4 aliphatic carbocycles. The predicted molar refractivity (Wildman–Crippen MR) is 468 cm³/mol. The second-order valence-corrected chi connectivity index (χ2v) is 42.7. The number of rotatable bonds is 28. The molecular formula is C92H112Cl2N6O12S4. The minimum atomic E-state index is -4.04. The third kappa shape index (κ3) is 19.4. The molecule has 0 aromatic heterocycles. The van der Waals surface area contributed by atoms with Crippen LogP contribution in [0.15, 0.2) is 205 Å². The molecule has 14 rings (SSSR count). The molecule has 0 saturated heterocycles. The van der Waals surface area contributed by atoms with E-state index in [1.54, 1.807) is 40.6 Å². The molecule has 0 radical (unpaired) electrons. The van der Waals surface area contributed by atoms with Gasteiger partial charge in [-0.2, -0.15) is 8.61 Å². The molecular weight excluding hydrogens is 1580 g/mol. The SMILES string of the molecule is C=C[C@@H](N[S@@](=O)C(C)(C)C)[C@@H]1CC[C@H]1CN1C[C@@]2(CCCc3cc(Cl)ccc32)COc2ccc(S(=O)(=O)N(Cc3ccc(OC)cc3)Cc3ccc(OC)cc3)cc21.C=C[C@H](N[S@@](=O)C(C)(C)C)[C@@H]1CC[C@H]1CN1C[C@@]2(CCCc3cc(Cl)ccc32)COc2ccc(S(=O)(=O)N(Cc3ccc(OC)cc3)Cc3ccc(OC)cc3)cc21. The number of methoxy groups -OCH3 is 4. The Balaban J connectivity index is 0.000000202. The third-order valence-electron chi connectivity index (χ3n) is 24.3. The second-order valence-electron chi connectivity index (χ2n) is 33.9. The topological polar surface area (TPSA) is 195 Å². The lowest BCUT2D eigenvalue weighted by molar-refractivity contribution is 0.153. The predicted octanol–water partition coefficient (Wildman–Crippen LogP) is 17.7. The van der Waals surface area contributed by atoms with Crippen molar-refractivity contribution in [2.75, 3.05) is 77.6 Å². The molecule has 2 spiro atoms. The minimum Gasteiger partial charge on any atom is -0.497 e. The Morgan fingerprint density at radius 1 is 0.491 bits per heavy atom. The summed E-state index contributed by atoms with van der Waals surface area (Å²) in [6.45, 7) is 24.4. The molecule has 2 N–H and O–H groups in total. The maximum atomic E-state index is 15.0. The van der Waals surface area contributed by atoms with Gasteiger partial charge in [-0.05, 0) is 283 Å². The van der Waals surface area contributed by atoms with Crippen LogP contribution >= 0.6 is 23.2 Å². The van der Waals surface area contributed by atoms with Crippen LogP contribution in [0.2, 0.25) is 10.0 Å². The highest BCUT2D eigenvalue weighted by Crippen LogP contribution is 2.51. The molecule has 10 atom stereocenters. The number of hydrogen-bond acceptors (Lipinski definition) is 14. The summed E-state index contributed by atoms with van der Waals surface area (Å²) in [6.07, 6.45) is 13.5. The van der Waals surface area contributed by atoms with E-state index < -0.39 is 51.5 Å². The smallest absolute Gasteiger partial charge is 0.243 e. The van der Waals surface area contributed by atoms with Gasteiger partial charge in [-0.25, -0.2) is 34.7 Å². The number of anilines is 2. The standard InChI is InChI=1S/2C46H56ClN3O6S2/c2*1-7-42(48-57(51)45(2,3)4)40-21-14-35(40)29-49-30-46(24-8-9-34-25-36(47)15-22-41(34)46)31-56-44-23-20-39(26-43(44)49)58(52,53)50(27-32-10-16-37(54-5)17-11-32)28-33-12-18-38(55-6)19-13-33/h2*7,10-13,15-20,22-23,25-26,35,40,42,48H,1,8-9,14,21,24,27-31H2,2-6H3/t35-,40+,42+,46-,57-;35-,40+,42-,46-,57-/m00/s1. The zero-order valence-electron chi connectivity index (χ0n) is 68.4. The maximum absolute atomic E-state index is 15.0. The fraction of sp³-hybridized carbons (Fsp3) is 0.435. The van der Waals surface area contributed by atoms with Gasteiger partial charge in [0.25, 0.3) is 0 Å². The molecule has 2 aliphatic heterocycles.